The van der Waals surface area contributed by atoms with Gasteiger partial charge in [0.1, 0.15) is 0 Å². The highest BCUT2D eigenvalue weighted by Crippen LogP contribution is 2.30. The first-order valence-electron chi connectivity index (χ1n) is 4.84. The molecule has 0 atom stereocenters. The minimum atomic E-state index is -0.0554. The van der Waals surface area contributed by atoms with E-state index in [1.807, 2.05) is 0 Å². The third kappa shape index (κ3) is 2.87. The van der Waals surface area contributed by atoms with Crippen LogP contribution in [0, 0.1) is 6.92 Å². The second-order valence-electron chi connectivity index (χ2n) is 3.39. The number of rotatable bonds is 3. The van der Waals surface area contributed by atoms with Crippen LogP contribution >= 0.6 is 23.4 Å². The predicted octanol–water partition coefficient (Wildman–Crippen LogP) is 3.39. The fraction of sp³-hybridized carbons (Fsp3) is 0.182. The zero-order valence-corrected chi connectivity index (χ0v) is 10.8. The highest BCUT2D eigenvalue weighted by molar-refractivity contribution is 7.99. The summed E-state index contributed by atoms with van der Waals surface area (Å²) in [6, 6.07) is 5.20. The molecule has 4 nitrogen and oxygen atoms in total. The van der Waals surface area contributed by atoms with Crippen LogP contribution in [-0.2, 0) is 0 Å². The van der Waals surface area contributed by atoms with E-state index in [4.69, 9.17) is 16.0 Å². The van der Waals surface area contributed by atoms with E-state index < -0.39 is 0 Å². The third-order valence-electron chi connectivity index (χ3n) is 2.03. The Hall–Kier alpha value is -1.33. The summed E-state index contributed by atoms with van der Waals surface area (Å²) in [4.78, 5) is 12.1. The normalized spacial score (nSPS) is 10.5. The van der Waals surface area contributed by atoms with Crippen molar-refractivity contribution in [2.24, 2.45) is 0 Å². The average molecular weight is 269 g/mol. The van der Waals surface area contributed by atoms with Crippen molar-refractivity contribution in [2.75, 3.05) is 0 Å². The Kier molecular flexibility index (Phi) is 3.49. The minimum absolute atomic E-state index is 0.0554. The number of Topliss-reactive ketones (excluding diaryl/α,β-unsaturated/α-hetero) is 1. The van der Waals surface area contributed by atoms with Gasteiger partial charge in [0.05, 0.1) is 5.02 Å². The fourth-order valence-electron chi connectivity index (χ4n) is 1.27. The van der Waals surface area contributed by atoms with Gasteiger partial charge in [-0.15, -0.1) is 10.2 Å². The van der Waals surface area contributed by atoms with Gasteiger partial charge in [-0.2, -0.15) is 0 Å². The summed E-state index contributed by atoms with van der Waals surface area (Å²) in [5.41, 5.74) is 0.512. The van der Waals surface area contributed by atoms with Gasteiger partial charge in [-0.05, 0) is 36.9 Å². The van der Waals surface area contributed by atoms with E-state index in [1.54, 1.807) is 25.1 Å². The van der Waals surface area contributed by atoms with E-state index >= 15 is 0 Å². The first kappa shape index (κ1) is 12.1. The Morgan fingerprint density at radius 3 is 2.71 bits per heavy atom. The van der Waals surface area contributed by atoms with Crippen LogP contribution in [0.3, 0.4) is 0 Å². The number of aryl methyl sites for hydroxylation is 1. The fourth-order valence-corrected chi connectivity index (χ4v) is 2.40. The molecule has 2 rings (SSSR count). The van der Waals surface area contributed by atoms with Crippen LogP contribution in [0.15, 0.2) is 32.7 Å². The van der Waals surface area contributed by atoms with E-state index in [9.17, 15) is 4.79 Å². The number of ketones is 1. The van der Waals surface area contributed by atoms with Crippen LogP contribution in [0.4, 0.5) is 0 Å². The van der Waals surface area contributed by atoms with Crippen molar-refractivity contribution in [1.29, 1.82) is 0 Å². The van der Waals surface area contributed by atoms with Gasteiger partial charge in [0, 0.05) is 17.4 Å². The summed E-state index contributed by atoms with van der Waals surface area (Å²) in [5, 5.41) is 8.47. The number of carbonyl (C=O) groups is 1. The minimum Gasteiger partial charge on any atom is -0.416 e. The van der Waals surface area contributed by atoms with E-state index in [2.05, 4.69) is 10.2 Å². The topological polar surface area (TPSA) is 56.0 Å². The molecule has 0 fully saturated rings. The number of carbonyl (C=O) groups excluding carboxylic acids is 1. The quantitative estimate of drug-likeness (QED) is 0.799. The van der Waals surface area contributed by atoms with Crippen LogP contribution in [0.2, 0.25) is 5.02 Å². The largest absolute Gasteiger partial charge is 0.416 e. The summed E-state index contributed by atoms with van der Waals surface area (Å²) >= 11 is 7.30. The highest BCUT2D eigenvalue weighted by atomic mass is 35.5. The molecule has 0 aliphatic rings. The smallest absolute Gasteiger partial charge is 0.281 e. The molecule has 0 amide bonds. The molecule has 0 N–H and O–H groups in total. The lowest BCUT2D eigenvalue weighted by Gasteiger charge is -2.02. The van der Waals surface area contributed by atoms with Crippen LogP contribution in [0.25, 0.3) is 0 Å². The van der Waals surface area contributed by atoms with Gasteiger partial charge >= 0.3 is 0 Å². The molecule has 88 valence electrons. The summed E-state index contributed by atoms with van der Waals surface area (Å²) in [5.74, 6) is 0.458. The Labute approximate surface area is 107 Å². The van der Waals surface area contributed by atoms with Crippen LogP contribution < -0.4 is 0 Å². The lowest BCUT2D eigenvalue weighted by atomic mass is 10.1. The van der Waals surface area contributed by atoms with Gasteiger partial charge in [-0.25, -0.2) is 0 Å². The van der Waals surface area contributed by atoms with Gasteiger partial charge in [0.25, 0.3) is 5.22 Å². The van der Waals surface area contributed by atoms with Crippen molar-refractivity contribution in [3.05, 3.63) is 34.7 Å². The van der Waals surface area contributed by atoms with Crippen molar-refractivity contribution < 1.29 is 9.21 Å². The second kappa shape index (κ2) is 4.89. The average Bonchev–Trinajstić information content (AvgIpc) is 2.63. The lowest BCUT2D eigenvalue weighted by Crippen LogP contribution is -1.92. The van der Waals surface area contributed by atoms with Crippen LogP contribution in [-0.4, -0.2) is 16.0 Å². The Balaban J connectivity index is 2.23. The van der Waals surface area contributed by atoms with Crippen LogP contribution in [0.1, 0.15) is 23.2 Å². The van der Waals surface area contributed by atoms with Gasteiger partial charge in [0.15, 0.2) is 5.78 Å². The Bertz CT molecular complexity index is 568. The maximum absolute atomic E-state index is 11.2. The molecular formula is C11H9ClN2O2S. The summed E-state index contributed by atoms with van der Waals surface area (Å²) < 4.78 is 5.24. The molecule has 0 spiro atoms. The number of hydrogen-bond donors (Lipinski definition) is 0. The molecular weight excluding hydrogens is 260 g/mol. The molecule has 2 aromatic rings. The maximum Gasteiger partial charge on any atom is 0.281 e. The van der Waals surface area contributed by atoms with E-state index in [0.717, 1.165) is 4.90 Å². The number of benzene rings is 1. The van der Waals surface area contributed by atoms with Gasteiger partial charge in [0.2, 0.25) is 5.89 Å². The zero-order valence-electron chi connectivity index (χ0n) is 9.23. The summed E-state index contributed by atoms with van der Waals surface area (Å²) in [6.07, 6.45) is 0. The van der Waals surface area contributed by atoms with Gasteiger partial charge < -0.3 is 4.42 Å². The number of hydrogen-bond acceptors (Lipinski definition) is 5. The summed E-state index contributed by atoms with van der Waals surface area (Å²) in [6.45, 7) is 3.21. The molecule has 6 heteroatoms. The first-order valence-corrected chi connectivity index (χ1v) is 6.04. The van der Waals surface area contributed by atoms with Crippen molar-refractivity contribution in [1.82, 2.24) is 10.2 Å². The Morgan fingerprint density at radius 2 is 2.18 bits per heavy atom. The Morgan fingerprint density at radius 1 is 1.41 bits per heavy atom. The lowest BCUT2D eigenvalue weighted by molar-refractivity contribution is 0.101. The number of aromatic nitrogens is 2. The van der Waals surface area contributed by atoms with Crippen LogP contribution in [0.5, 0.6) is 0 Å². The molecule has 1 aromatic heterocycles. The molecule has 0 saturated heterocycles. The highest BCUT2D eigenvalue weighted by Gasteiger charge is 2.09. The molecule has 0 radical (unpaired) electrons. The molecule has 0 saturated carbocycles. The van der Waals surface area contributed by atoms with E-state index in [1.165, 1.54) is 18.7 Å². The van der Waals surface area contributed by atoms with Crippen molar-refractivity contribution in [2.45, 2.75) is 24.0 Å². The van der Waals surface area contributed by atoms with Gasteiger partial charge in [-0.1, -0.05) is 11.6 Å². The number of nitrogens with zero attached hydrogens (tertiary/aromatic N) is 2. The maximum atomic E-state index is 11.2. The SMILES string of the molecule is CC(=O)c1ccc(Sc2nnc(C)o2)cc1Cl. The molecule has 0 unspecified atom stereocenters. The molecule has 1 heterocycles. The monoisotopic (exact) mass is 268 g/mol. The standard InChI is InChI=1S/C11H9ClN2O2S/c1-6(15)9-4-3-8(5-10(9)12)17-11-14-13-7(2)16-11/h3-5H,1-2H3. The third-order valence-corrected chi connectivity index (χ3v) is 3.17. The molecule has 17 heavy (non-hydrogen) atoms. The van der Waals surface area contributed by atoms with E-state index in [-0.39, 0.29) is 5.78 Å². The first-order chi connectivity index (χ1) is 8.06. The van der Waals surface area contributed by atoms with Crippen molar-refractivity contribution in [3.63, 3.8) is 0 Å². The van der Waals surface area contributed by atoms with Gasteiger partial charge in [-0.3, -0.25) is 4.79 Å². The summed E-state index contributed by atoms with van der Waals surface area (Å²) in [7, 11) is 0. The molecule has 0 aliphatic carbocycles. The number of halogens is 1. The predicted molar refractivity (Wildman–Crippen MR) is 64.6 cm³/mol. The van der Waals surface area contributed by atoms with Crippen molar-refractivity contribution >= 4 is 29.1 Å². The molecule has 0 bridgehead atoms. The van der Waals surface area contributed by atoms with Crippen molar-refractivity contribution in [3.8, 4) is 0 Å². The zero-order chi connectivity index (χ0) is 12.4. The second-order valence-corrected chi connectivity index (χ2v) is 4.82. The molecule has 1 aromatic carbocycles. The van der Waals surface area contributed by atoms with E-state index in [0.29, 0.717) is 21.7 Å². The molecule has 0 aliphatic heterocycles.